The molecule has 10 heteroatoms. The standard InChI is InChI=1S/C16H18N2O6S2/c1-11-4-7-15(10-16(11)18(19)20)26(23,24)17-12(2)13-5-8-14(9-6-13)25(3,21)22/h4-10,12,17H,1-3H3/t12-/m1/s1. The topological polar surface area (TPSA) is 123 Å². The Kier molecular flexibility index (Phi) is 5.49. The highest BCUT2D eigenvalue weighted by Crippen LogP contribution is 2.24. The first-order chi connectivity index (χ1) is 11.9. The molecule has 0 aliphatic carbocycles. The van der Waals surface area contributed by atoms with Gasteiger partial charge in [0.05, 0.1) is 14.7 Å². The summed E-state index contributed by atoms with van der Waals surface area (Å²) < 4.78 is 50.4. The van der Waals surface area contributed by atoms with E-state index in [0.29, 0.717) is 11.1 Å². The number of hydrogen-bond acceptors (Lipinski definition) is 6. The maximum absolute atomic E-state index is 12.5. The van der Waals surface area contributed by atoms with Crippen LogP contribution in [0.5, 0.6) is 0 Å². The van der Waals surface area contributed by atoms with Gasteiger partial charge in [0.1, 0.15) is 0 Å². The number of nitrogens with zero attached hydrogens (tertiary/aromatic N) is 1. The van der Waals surface area contributed by atoms with Crippen LogP contribution in [0.3, 0.4) is 0 Å². The maximum Gasteiger partial charge on any atom is 0.273 e. The number of nitrogens with one attached hydrogen (secondary N) is 1. The highest BCUT2D eigenvalue weighted by molar-refractivity contribution is 7.90. The molecule has 1 N–H and O–H groups in total. The summed E-state index contributed by atoms with van der Waals surface area (Å²) in [5.74, 6) is 0. The first-order valence-corrected chi connectivity index (χ1v) is 10.9. The van der Waals surface area contributed by atoms with Gasteiger partial charge in [-0.15, -0.1) is 0 Å². The molecule has 0 saturated carbocycles. The average molecular weight is 398 g/mol. The van der Waals surface area contributed by atoms with Gasteiger partial charge in [0, 0.05) is 23.9 Å². The number of benzene rings is 2. The third kappa shape index (κ3) is 4.45. The van der Waals surface area contributed by atoms with Crippen molar-refractivity contribution in [2.24, 2.45) is 0 Å². The molecule has 8 nitrogen and oxygen atoms in total. The number of aryl methyl sites for hydroxylation is 1. The molecule has 2 aromatic rings. The van der Waals surface area contributed by atoms with E-state index in [0.717, 1.165) is 12.3 Å². The molecule has 0 saturated heterocycles. The Morgan fingerprint density at radius 1 is 1.00 bits per heavy atom. The van der Waals surface area contributed by atoms with Gasteiger partial charge in [-0.05, 0) is 37.6 Å². The van der Waals surface area contributed by atoms with Crippen molar-refractivity contribution in [3.8, 4) is 0 Å². The zero-order valence-corrected chi connectivity index (χ0v) is 16.0. The predicted octanol–water partition coefficient (Wildman–Crippen LogP) is 2.35. The van der Waals surface area contributed by atoms with Gasteiger partial charge in [-0.2, -0.15) is 0 Å². The minimum atomic E-state index is -3.99. The molecule has 0 unspecified atom stereocenters. The van der Waals surface area contributed by atoms with Gasteiger partial charge in [-0.1, -0.05) is 18.2 Å². The van der Waals surface area contributed by atoms with Crippen LogP contribution in [0.25, 0.3) is 0 Å². The highest BCUT2D eigenvalue weighted by atomic mass is 32.2. The SMILES string of the molecule is Cc1ccc(S(=O)(=O)N[C@H](C)c2ccc(S(C)(=O)=O)cc2)cc1[N+](=O)[O-]. The molecular formula is C16H18N2O6S2. The van der Waals surface area contributed by atoms with Gasteiger partial charge < -0.3 is 0 Å². The lowest BCUT2D eigenvalue weighted by Crippen LogP contribution is -2.27. The van der Waals surface area contributed by atoms with Gasteiger partial charge in [0.15, 0.2) is 9.84 Å². The largest absolute Gasteiger partial charge is 0.273 e. The first kappa shape index (κ1) is 20.0. The van der Waals surface area contributed by atoms with Crippen LogP contribution in [0, 0.1) is 17.0 Å². The van der Waals surface area contributed by atoms with E-state index < -0.39 is 30.8 Å². The molecule has 0 aromatic heterocycles. The third-order valence-corrected chi connectivity index (χ3v) is 6.49. The normalized spacial score (nSPS) is 13.3. The molecule has 1 atom stereocenters. The molecule has 0 aliphatic rings. The Morgan fingerprint density at radius 3 is 2.04 bits per heavy atom. The van der Waals surface area contributed by atoms with E-state index in [1.807, 2.05) is 0 Å². The van der Waals surface area contributed by atoms with E-state index in [-0.39, 0.29) is 15.5 Å². The lowest BCUT2D eigenvalue weighted by atomic mass is 10.1. The molecule has 0 amide bonds. The molecule has 0 heterocycles. The summed E-state index contributed by atoms with van der Waals surface area (Å²) in [6.45, 7) is 3.11. The second-order valence-corrected chi connectivity index (χ2v) is 9.62. The summed E-state index contributed by atoms with van der Waals surface area (Å²) in [6, 6.07) is 8.84. The summed E-state index contributed by atoms with van der Waals surface area (Å²) in [7, 11) is -7.33. The molecule has 0 fully saturated rings. The van der Waals surface area contributed by atoms with Crippen molar-refractivity contribution >= 4 is 25.5 Å². The van der Waals surface area contributed by atoms with Crippen molar-refractivity contribution in [2.75, 3.05) is 6.26 Å². The monoisotopic (exact) mass is 398 g/mol. The number of sulfone groups is 1. The predicted molar refractivity (Wildman–Crippen MR) is 96.1 cm³/mol. The van der Waals surface area contributed by atoms with E-state index in [1.54, 1.807) is 6.92 Å². The summed E-state index contributed by atoms with van der Waals surface area (Å²) in [4.78, 5) is 10.3. The Hall–Kier alpha value is -2.30. The van der Waals surface area contributed by atoms with Crippen LogP contribution in [-0.2, 0) is 19.9 Å². The van der Waals surface area contributed by atoms with Crippen molar-refractivity contribution in [1.82, 2.24) is 4.72 Å². The Labute approximate surface area is 152 Å². The lowest BCUT2D eigenvalue weighted by Gasteiger charge is -2.15. The molecule has 26 heavy (non-hydrogen) atoms. The number of nitro groups is 1. The minimum absolute atomic E-state index is 0.130. The van der Waals surface area contributed by atoms with E-state index in [1.165, 1.54) is 43.3 Å². The number of hydrogen-bond donors (Lipinski definition) is 1. The van der Waals surface area contributed by atoms with Crippen LogP contribution < -0.4 is 4.72 Å². The van der Waals surface area contributed by atoms with Crippen molar-refractivity contribution < 1.29 is 21.8 Å². The van der Waals surface area contributed by atoms with Crippen LogP contribution in [0.1, 0.15) is 24.1 Å². The van der Waals surface area contributed by atoms with E-state index in [4.69, 9.17) is 0 Å². The van der Waals surface area contributed by atoms with E-state index in [9.17, 15) is 26.9 Å². The fraction of sp³-hybridized carbons (Fsp3) is 0.250. The highest BCUT2D eigenvalue weighted by Gasteiger charge is 2.22. The van der Waals surface area contributed by atoms with Crippen molar-refractivity contribution in [3.63, 3.8) is 0 Å². The molecule has 0 radical (unpaired) electrons. The smallest absolute Gasteiger partial charge is 0.258 e. The molecule has 0 bridgehead atoms. The minimum Gasteiger partial charge on any atom is -0.258 e. The van der Waals surface area contributed by atoms with E-state index in [2.05, 4.69) is 4.72 Å². The van der Waals surface area contributed by atoms with Gasteiger partial charge >= 0.3 is 0 Å². The van der Waals surface area contributed by atoms with Crippen molar-refractivity contribution in [3.05, 3.63) is 63.7 Å². The fourth-order valence-corrected chi connectivity index (χ4v) is 4.21. The quantitative estimate of drug-likeness (QED) is 0.588. The second kappa shape index (κ2) is 7.14. The summed E-state index contributed by atoms with van der Waals surface area (Å²) in [5, 5.41) is 11.0. The van der Waals surface area contributed by atoms with Crippen molar-refractivity contribution in [2.45, 2.75) is 29.7 Å². The van der Waals surface area contributed by atoms with Crippen LogP contribution in [0.4, 0.5) is 5.69 Å². The zero-order valence-electron chi connectivity index (χ0n) is 14.3. The van der Waals surface area contributed by atoms with Gasteiger partial charge in [0.25, 0.3) is 5.69 Å². The zero-order chi connectivity index (χ0) is 19.7. The van der Waals surface area contributed by atoms with Gasteiger partial charge in [-0.3, -0.25) is 10.1 Å². The fourth-order valence-electron chi connectivity index (χ4n) is 2.33. The molecule has 2 rings (SSSR count). The number of sulfonamides is 1. The van der Waals surface area contributed by atoms with Gasteiger partial charge in [0.2, 0.25) is 10.0 Å². The average Bonchev–Trinajstić information content (AvgIpc) is 2.53. The Balaban J connectivity index is 2.29. The van der Waals surface area contributed by atoms with Crippen LogP contribution in [0.2, 0.25) is 0 Å². The lowest BCUT2D eigenvalue weighted by molar-refractivity contribution is -0.385. The van der Waals surface area contributed by atoms with Gasteiger partial charge in [-0.25, -0.2) is 21.6 Å². The summed E-state index contributed by atoms with van der Waals surface area (Å²) >= 11 is 0. The second-order valence-electron chi connectivity index (χ2n) is 5.89. The molecule has 0 aliphatic heterocycles. The summed E-state index contributed by atoms with van der Waals surface area (Å²) in [5.41, 5.74) is 0.638. The molecular weight excluding hydrogens is 380 g/mol. The molecule has 140 valence electrons. The van der Waals surface area contributed by atoms with E-state index >= 15 is 0 Å². The first-order valence-electron chi connectivity index (χ1n) is 7.49. The Morgan fingerprint density at radius 2 is 1.54 bits per heavy atom. The third-order valence-electron chi connectivity index (χ3n) is 3.83. The summed E-state index contributed by atoms with van der Waals surface area (Å²) in [6.07, 6.45) is 1.08. The van der Waals surface area contributed by atoms with Crippen LogP contribution in [-0.4, -0.2) is 28.0 Å². The maximum atomic E-state index is 12.5. The number of rotatable bonds is 6. The van der Waals surface area contributed by atoms with Crippen molar-refractivity contribution in [1.29, 1.82) is 0 Å². The molecule has 2 aromatic carbocycles. The van der Waals surface area contributed by atoms with Crippen LogP contribution >= 0.6 is 0 Å². The molecule has 0 spiro atoms. The number of nitro benzene ring substituents is 1. The Bertz CT molecular complexity index is 1040. The van der Waals surface area contributed by atoms with Crippen LogP contribution in [0.15, 0.2) is 52.3 Å².